The highest BCUT2D eigenvalue weighted by molar-refractivity contribution is 6.01. The van der Waals surface area contributed by atoms with Crippen LogP contribution in [0.25, 0.3) is 0 Å². The smallest absolute Gasteiger partial charge is 0.327 e. The standard InChI is InChI=1S/C4H7N3O2/c1-5-7-3(8)2-6-4(7)9/h5H,2H2,1H3,(H,6,9). The average molecular weight is 129 g/mol. The lowest BCUT2D eigenvalue weighted by Gasteiger charge is -2.07. The van der Waals surface area contributed by atoms with Crippen LogP contribution in [0.4, 0.5) is 4.79 Å². The summed E-state index contributed by atoms with van der Waals surface area (Å²) in [4.78, 5) is 21.1. The molecule has 1 heterocycles. The van der Waals surface area contributed by atoms with Gasteiger partial charge in [0.2, 0.25) is 0 Å². The number of hydrogen-bond donors (Lipinski definition) is 2. The highest BCUT2D eigenvalue weighted by Crippen LogP contribution is 1.91. The Balaban J connectivity index is 2.66. The molecular formula is C4H7N3O2. The lowest BCUT2D eigenvalue weighted by Crippen LogP contribution is -2.40. The normalized spacial score (nSPS) is 18.6. The quantitative estimate of drug-likeness (QED) is 0.431. The fourth-order valence-electron chi connectivity index (χ4n) is 0.649. The van der Waals surface area contributed by atoms with E-state index in [4.69, 9.17) is 0 Å². The second kappa shape index (κ2) is 2.02. The van der Waals surface area contributed by atoms with Gasteiger partial charge in [-0.3, -0.25) is 4.79 Å². The lowest BCUT2D eigenvalue weighted by atomic mass is 10.6. The van der Waals surface area contributed by atoms with Crippen molar-refractivity contribution in [2.75, 3.05) is 13.6 Å². The molecule has 1 fully saturated rings. The van der Waals surface area contributed by atoms with E-state index in [0.29, 0.717) is 0 Å². The predicted octanol–water partition coefficient (Wildman–Crippen LogP) is -1.33. The van der Waals surface area contributed by atoms with Crippen molar-refractivity contribution >= 4 is 11.9 Å². The van der Waals surface area contributed by atoms with Crippen molar-refractivity contribution in [3.63, 3.8) is 0 Å². The van der Waals surface area contributed by atoms with E-state index in [1.807, 2.05) is 0 Å². The third-order valence-corrected chi connectivity index (χ3v) is 1.07. The molecule has 0 radical (unpaired) electrons. The van der Waals surface area contributed by atoms with Crippen LogP contribution in [0, 0.1) is 0 Å². The van der Waals surface area contributed by atoms with Gasteiger partial charge in [0.25, 0.3) is 5.91 Å². The van der Waals surface area contributed by atoms with E-state index in [1.54, 1.807) is 0 Å². The zero-order chi connectivity index (χ0) is 6.85. The molecule has 0 bridgehead atoms. The van der Waals surface area contributed by atoms with Crippen LogP contribution >= 0.6 is 0 Å². The van der Waals surface area contributed by atoms with Gasteiger partial charge in [0.15, 0.2) is 0 Å². The number of hydrogen-bond acceptors (Lipinski definition) is 3. The Morgan fingerprint density at radius 1 is 1.67 bits per heavy atom. The van der Waals surface area contributed by atoms with E-state index >= 15 is 0 Å². The van der Waals surface area contributed by atoms with Crippen LogP contribution in [0.5, 0.6) is 0 Å². The van der Waals surface area contributed by atoms with Crippen LogP contribution in [-0.4, -0.2) is 30.5 Å². The van der Waals surface area contributed by atoms with Gasteiger partial charge in [0, 0.05) is 7.05 Å². The van der Waals surface area contributed by atoms with Crippen LogP contribution in [0.15, 0.2) is 0 Å². The minimum Gasteiger partial charge on any atom is -0.327 e. The van der Waals surface area contributed by atoms with Gasteiger partial charge in [-0.1, -0.05) is 0 Å². The minimum atomic E-state index is -0.387. The number of nitrogens with one attached hydrogen (secondary N) is 2. The number of urea groups is 1. The van der Waals surface area contributed by atoms with E-state index < -0.39 is 0 Å². The largest absolute Gasteiger partial charge is 0.339 e. The zero-order valence-electron chi connectivity index (χ0n) is 4.97. The molecule has 9 heavy (non-hydrogen) atoms. The number of hydrazine groups is 1. The predicted molar refractivity (Wildman–Crippen MR) is 29.3 cm³/mol. The van der Waals surface area contributed by atoms with Crippen LogP contribution in [0.2, 0.25) is 0 Å². The van der Waals surface area contributed by atoms with Crippen molar-refractivity contribution in [2.45, 2.75) is 0 Å². The van der Waals surface area contributed by atoms with Crippen LogP contribution in [0.1, 0.15) is 0 Å². The molecule has 3 amide bonds. The Kier molecular flexibility index (Phi) is 1.35. The zero-order valence-corrected chi connectivity index (χ0v) is 4.97. The van der Waals surface area contributed by atoms with Crippen molar-refractivity contribution in [3.05, 3.63) is 0 Å². The first-order valence-electron chi connectivity index (χ1n) is 2.54. The van der Waals surface area contributed by atoms with Gasteiger partial charge in [0.1, 0.15) is 6.54 Å². The summed E-state index contributed by atoms with van der Waals surface area (Å²) in [7, 11) is 1.52. The van der Waals surface area contributed by atoms with Crippen molar-refractivity contribution < 1.29 is 9.59 Å². The second-order valence-corrected chi connectivity index (χ2v) is 1.61. The minimum absolute atomic E-state index is 0.0969. The molecule has 0 spiro atoms. The summed E-state index contributed by atoms with van der Waals surface area (Å²) < 4.78 is 0. The summed E-state index contributed by atoms with van der Waals surface area (Å²) >= 11 is 0. The van der Waals surface area contributed by atoms with E-state index in [0.717, 1.165) is 5.01 Å². The van der Waals surface area contributed by atoms with Gasteiger partial charge in [-0.2, -0.15) is 5.01 Å². The van der Waals surface area contributed by atoms with E-state index in [2.05, 4.69) is 10.7 Å². The molecule has 0 aromatic carbocycles. The number of imide groups is 1. The maximum atomic E-state index is 10.6. The van der Waals surface area contributed by atoms with Crippen LogP contribution in [0.3, 0.4) is 0 Å². The van der Waals surface area contributed by atoms with Gasteiger partial charge >= 0.3 is 6.03 Å². The second-order valence-electron chi connectivity index (χ2n) is 1.61. The fraction of sp³-hybridized carbons (Fsp3) is 0.500. The van der Waals surface area contributed by atoms with E-state index in [1.165, 1.54) is 7.05 Å². The molecule has 0 unspecified atom stereocenters. The number of rotatable bonds is 1. The van der Waals surface area contributed by atoms with Crippen LogP contribution in [-0.2, 0) is 4.79 Å². The average Bonchev–Trinajstić information content (AvgIpc) is 2.12. The van der Waals surface area contributed by atoms with Crippen molar-refractivity contribution in [1.82, 2.24) is 15.8 Å². The molecule has 1 aliphatic heterocycles. The summed E-state index contributed by atoms with van der Waals surface area (Å²) in [6.07, 6.45) is 0. The van der Waals surface area contributed by atoms with Gasteiger partial charge in [-0.15, -0.1) is 0 Å². The molecule has 1 aliphatic rings. The summed E-state index contributed by atoms with van der Waals surface area (Å²) in [5.74, 6) is -0.248. The Hall–Kier alpha value is -1.10. The molecule has 0 aromatic rings. The van der Waals surface area contributed by atoms with Crippen molar-refractivity contribution in [1.29, 1.82) is 0 Å². The Morgan fingerprint density at radius 3 is 2.56 bits per heavy atom. The monoisotopic (exact) mass is 129 g/mol. The molecule has 5 nitrogen and oxygen atoms in total. The highest BCUT2D eigenvalue weighted by atomic mass is 16.2. The molecule has 2 N–H and O–H groups in total. The third-order valence-electron chi connectivity index (χ3n) is 1.07. The van der Waals surface area contributed by atoms with Crippen LogP contribution < -0.4 is 10.7 Å². The Morgan fingerprint density at radius 2 is 2.33 bits per heavy atom. The molecule has 0 saturated carbocycles. The SMILES string of the molecule is CNN1C(=O)CNC1=O. The van der Waals surface area contributed by atoms with Gasteiger partial charge in [-0.05, 0) is 0 Å². The fourth-order valence-corrected chi connectivity index (χ4v) is 0.649. The first kappa shape index (κ1) is 6.03. The molecule has 50 valence electrons. The first-order chi connectivity index (χ1) is 4.25. The summed E-state index contributed by atoms with van der Waals surface area (Å²) in [5.41, 5.74) is 2.44. The van der Waals surface area contributed by atoms with Gasteiger partial charge < -0.3 is 5.32 Å². The van der Waals surface area contributed by atoms with Gasteiger partial charge in [0.05, 0.1) is 0 Å². The topological polar surface area (TPSA) is 61.4 Å². The maximum absolute atomic E-state index is 10.6. The number of nitrogens with zero attached hydrogens (tertiary/aromatic N) is 1. The molecular weight excluding hydrogens is 122 g/mol. The molecule has 0 atom stereocenters. The Bertz CT molecular complexity index is 140. The lowest BCUT2D eigenvalue weighted by molar-refractivity contribution is -0.126. The Labute approximate surface area is 52.0 Å². The molecule has 1 rings (SSSR count). The third kappa shape index (κ3) is 0.857. The summed E-state index contributed by atoms with van der Waals surface area (Å²) in [6, 6.07) is -0.387. The van der Waals surface area contributed by atoms with Gasteiger partial charge in [-0.25, -0.2) is 10.2 Å². The molecule has 1 saturated heterocycles. The molecule has 5 heteroatoms. The maximum Gasteiger partial charge on any atom is 0.339 e. The number of amides is 3. The molecule has 0 aliphatic carbocycles. The summed E-state index contributed by atoms with van der Waals surface area (Å²) in [5, 5.41) is 3.28. The summed E-state index contributed by atoms with van der Waals surface area (Å²) in [6.45, 7) is 0.0969. The number of carbonyl (C=O) groups is 2. The molecule has 0 aromatic heterocycles. The van der Waals surface area contributed by atoms with Crippen molar-refractivity contribution in [3.8, 4) is 0 Å². The van der Waals surface area contributed by atoms with E-state index in [9.17, 15) is 9.59 Å². The first-order valence-corrected chi connectivity index (χ1v) is 2.54. The highest BCUT2D eigenvalue weighted by Gasteiger charge is 2.26. The van der Waals surface area contributed by atoms with E-state index in [-0.39, 0.29) is 18.5 Å². The number of carbonyl (C=O) groups excluding carboxylic acids is 2. The van der Waals surface area contributed by atoms with Crippen molar-refractivity contribution in [2.24, 2.45) is 0 Å².